The molecule has 3 aliphatic rings. The minimum absolute atomic E-state index is 0.0618. The topological polar surface area (TPSA) is 36.9 Å². The van der Waals surface area contributed by atoms with Crippen LogP contribution in [-0.2, 0) is 18.9 Å². The van der Waals surface area contributed by atoms with Crippen molar-refractivity contribution >= 4 is 18.5 Å². The molecule has 6 heteroatoms. The largest absolute Gasteiger partial charge is 0.345 e. The van der Waals surface area contributed by atoms with Gasteiger partial charge in [-0.2, -0.15) is 0 Å². The van der Waals surface area contributed by atoms with E-state index in [2.05, 4.69) is 18.5 Å². The van der Waals surface area contributed by atoms with Gasteiger partial charge < -0.3 is 18.9 Å². The van der Waals surface area contributed by atoms with Crippen molar-refractivity contribution in [2.75, 3.05) is 25.5 Å². The zero-order valence-corrected chi connectivity index (χ0v) is 14.3. The molecule has 0 saturated carbocycles. The highest BCUT2D eigenvalue weighted by Gasteiger charge is 2.62. The van der Waals surface area contributed by atoms with E-state index in [0.29, 0.717) is 0 Å². The molecule has 6 atom stereocenters. The van der Waals surface area contributed by atoms with Gasteiger partial charge in [0.2, 0.25) is 11.6 Å². The maximum atomic E-state index is 6.45. The quantitative estimate of drug-likeness (QED) is 0.732. The van der Waals surface area contributed by atoms with E-state index >= 15 is 0 Å². The molecule has 0 radical (unpaired) electrons. The fourth-order valence-electron chi connectivity index (χ4n) is 3.54. The van der Waals surface area contributed by atoms with Crippen molar-refractivity contribution in [3.63, 3.8) is 0 Å². The molecule has 0 aromatic carbocycles. The van der Waals surface area contributed by atoms with Crippen LogP contribution in [0.1, 0.15) is 38.5 Å². The van der Waals surface area contributed by atoms with Gasteiger partial charge in [0.25, 0.3) is 0 Å². The smallest absolute Gasteiger partial charge is 0.224 e. The lowest BCUT2D eigenvalue weighted by Crippen LogP contribution is -2.70. The zero-order chi connectivity index (χ0) is 14.1. The van der Waals surface area contributed by atoms with E-state index in [4.69, 9.17) is 18.9 Å². The van der Waals surface area contributed by atoms with E-state index in [1.165, 1.54) is 0 Å². The Hall–Kier alpha value is 0.700. The van der Waals surface area contributed by atoms with Crippen LogP contribution in [0.15, 0.2) is 0 Å². The summed E-state index contributed by atoms with van der Waals surface area (Å²) in [5.41, 5.74) is 0. The molecule has 3 fully saturated rings. The number of fused-ring (bicyclic) bond motifs is 1. The third-order valence-electron chi connectivity index (χ3n) is 4.61. The molecule has 2 spiro atoms. The maximum Gasteiger partial charge on any atom is 0.224 e. The van der Waals surface area contributed by atoms with Crippen LogP contribution < -0.4 is 0 Å². The van der Waals surface area contributed by atoms with E-state index in [-0.39, 0.29) is 12.2 Å². The van der Waals surface area contributed by atoms with Gasteiger partial charge in [0.1, 0.15) is 0 Å². The first-order valence-electron chi connectivity index (χ1n) is 7.79. The summed E-state index contributed by atoms with van der Waals surface area (Å²) in [7, 11) is 5.54. The highest BCUT2D eigenvalue weighted by molar-refractivity contribution is 7.17. The standard InChI is InChI=1S/C14H26O4P2/c19-9-11-12(10-20)18-14(6-2-4-8-16-14)13(17-11)5-1-3-7-15-13/h11-12H,1-10,19-20H2/t11-,12-,13+,14?/m0/s1. The van der Waals surface area contributed by atoms with E-state index in [1.807, 2.05) is 0 Å². The SMILES string of the molecule is PC[C@@H]1OC2(CCCCO2)[C@@]2(CCCCO2)O[C@H]1CP. The lowest BCUT2D eigenvalue weighted by Gasteiger charge is -2.57. The third kappa shape index (κ3) is 2.57. The Bertz CT molecular complexity index is 295. The van der Waals surface area contributed by atoms with E-state index in [9.17, 15) is 0 Å². The van der Waals surface area contributed by atoms with Gasteiger partial charge in [0, 0.05) is 12.8 Å². The molecule has 0 N–H and O–H groups in total. The maximum absolute atomic E-state index is 6.45. The summed E-state index contributed by atoms with van der Waals surface area (Å²) >= 11 is 0. The summed E-state index contributed by atoms with van der Waals surface area (Å²) in [5, 5.41) is 0. The Morgan fingerprint density at radius 3 is 1.50 bits per heavy atom. The van der Waals surface area contributed by atoms with Crippen LogP contribution in [0.4, 0.5) is 0 Å². The molecule has 3 unspecified atom stereocenters. The molecule has 3 saturated heterocycles. The third-order valence-corrected chi connectivity index (χ3v) is 5.54. The predicted octanol–water partition coefficient (Wildman–Crippen LogP) is 2.31. The summed E-state index contributed by atoms with van der Waals surface area (Å²) in [6.07, 6.45) is 8.02. The number of rotatable bonds is 2. The highest BCUT2D eigenvalue weighted by atomic mass is 31.0. The van der Waals surface area contributed by atoms with Gasteiger partial charge in [-0.05, 0) is 38.0 Å². The molecule has 0 bridgehead atoms. The second-order valence-electron chi connectivity index (χ2n) is 5.90. The van der Waals surface area contributed by atoms with Crippen LogP contribution in [0.25, 0.3) is 0 Å². The molecule has 4 nitrogen and oxygen atoms in total. The molecule has 0 aromatic heterocycles. The van der Waals surface area contributed by atoms with Crippen LogP contribution in [0.2, 0.25) is 0 Å². The Balaban J connectivity index is 1.90. The zero-order valence-electron chi connectivity index (χ0n) is 12.0. The van der Waals surface area contributed by atoms with Crippen molar-refractivity contribution in [2.45, 2.75) is 62.3 Å². The second kappa shape index (κ2) is 6.44. The Morgan fingerprint density at radius 1 is 0.750 bits per heavy atom. The first-order chi connectivity index (χ1) is 9.75. The molecule has 20 heavy (non-hydrogen) atoms. The van der Waals surface area contributed by atoms with Gasteiger partial charge in [-0.1, -0.05) is 0 Å². The first-order valence-corrected chi connectivity index (χ1v) is 9.42. The molecular weight excluding hydrogens is 294 g/mol. The van der Waals surface area contributed by atoms with Gasteiger partial charge in [-0.25, -0.2) is 0 Å². The lowest BCUT2D eigenvalue weighted by atomic mass is 9.88. The Kier molecular flexibility index (Phi) is 5.02. The summed E-state index contributed by atoms with van der Waals surface area (Å²) in [6.45, 7) is 1.48. The van der Waals surface area contributed by atoms with E-state index in [0.717, 1.165) is 64.1 Å². The monoisotopic (exact) mass is 320 g/mol. The van der Waals surface area contributed by atoms with Crippen LogP contribution >= 0.6 is 18.5 Å². The summed E-state index contributed by atoms with van der Waals surface area (Å²) in [6, 6.07) is 0. The van der Waals surface area contributed by atoms with Crippen molar-refractivity contribution in [1.29, 1.82) is 0 Å². The molecule has 3 rings (SSSR count). The summed E-state index contributed by atoms with van der Waals surface area (Å²) in [4.78, 5) is 0. The van der Waals surface area contributed by atoms with Crippen molar-refractivity contribution in [2.24, 2.45) is 0 Å². The summed E-state index contributed by atoms with van der Waals surface area (Å²) in [5.74, 6) is -1.38. The fraction of sp³-hybridized carbons (Fsp3) is 1.00. The Labute approximate surface area is 126 Å². The van der Waals surface area contributed by atoms with Gasteiger partial charge in [0.15, 0.2) is 0 Å². The van der Waals surface area contributed by atoms with Gasteiger partial charge in [-0.3, -0.25) is 0 Å². The lowest BCUT2D eigenvalue weighted by molar-refractivity contribution is -0.476. The minimum Gasteiger partial charge on any atom is -0.345 e. The van der Waals surface area contributed by atoms with Crippen molar-refractivity contribution < 1.29 is 18.9 Å². The fourth-order valence-corrected chi connectivity index (χ4v) is 4.34. The second-order valence-corrected chi connectivity index (χ2v) is 6.84. The van der Waals surface area contributed by atoms with Crippen LogP contribution in [0, 0.1) is 0 Å². The molecule has 0 amide bonds. The minimum atomic E-state index is -0.691. The van der Waals surface area contributed by atoms with Crippen LogP contribution in [-0.4, -0.2) is 49.3 Å². The molecule has 3 heterocycles. The van der Waals surface area contributed by atoms with Gasteiger partial charge in [0.05, 0.1) is 25.4 Å². The van der Waals surface area contributed by atoms with Crippen LogP contribution in [0.3, 0.4) is 0 Å². The Morgan fingerprint density at radius 2 is 1.20 bits per heavy atom. The van der Waals surface area contributed by atoms with E-state index < -0.39 is 11.6 Å². The van der Waals surface area contributed by atoms with E-state index in [1.54, 1.807) is 0 Å². The molecule has 3 aliphatic heterocycles. The first kappa shape index (κ1) is 15.6. The molecule has 116 valence electrons. The van der Waals surface area contributed by atoms with Crippen molar-refractivity contribution in [3.8, 4) is 0 Å². The molecular formula is C14H26O4P2. The normalized spacial score (nSPS) is 45.9. The summed E-state index contributed by atoms with van der Waals surface area (Å²) < 4.78 is 25.2. The predicted molar refractivity (Wildman–Crippen MR) is 84.0 cm³/mol. The van der Waals surface area contributed by atoms with Crippen molar-refractivity contribution in [1.82, 2.24) is 0 Å². The average Bonchev–Trinajstić information content (AvgIpc) is 2.52. The molecule has 0 aliphatic carbocycles. The number of hydrogen-bond acceptors (Lipinski definition) is 4. The van der Waals surface area contributed by atoms with Gasteiger partial charge >= 0.3 is 0 Å². The van der Waals surface area contributed by atoms with Crippen LogP contribution in [0.5, 0.6) is 0 Å². The van der Waals surface area contributed by atoms with Gasteiger partial charge in [-0.15, -0.1) is 18.5 Å². The number of ether oxygens (including phenoxy) is 4. The number of hydrogen-bond donors (Lipinski definition) is 0. The average molecular weight is 320 g/mol. The molecule has 0 aromatic rings. The van der Waals surface area contributed by atoms with Crippen molar-refractivity contribution in [3.05, 3.63) is 0 Å². The highest BCUT2D eigenvalue weighted by Crippen LogP contribution is 2.49.